The zero-order valence-electron chi connectivity index (χ0n) is 18.2. The van der Waals surface area contributed by atoms with Crippen molar-refractivity contribution in [3.8, 4) is 0 Å². The molecule has 4 rings (SSSR count). The van der Waals surface area contributed by atoms with E-state index in [0.717, 1.165) is 31.6 Å². The van der Waals surface area contributed by atoms with Gasteiger partial charge in [0, 0.05) is 37.1 Å². The van der Waals surface area contributed by atoms with Gasteiger partial charge in [0.1, 0.15) is 5.82 Å². The molecule has 1 unspecified atom stereocenters. The predicted octanol–water partition coefficient (Wildman–Crippen LogP) is 6.94. The van der Waals surface area contributed by atoms with Gasteiger partial charge in [-0.15, -0.1) is 0 Å². The molecule has 0 bridgehead atoms. The first-order valence-corrected chi connectivity index (χ1v) is 11.5. The van der Waals surface area contributed by atoms with E-state index in [0.29, 0.717) is 51.4 Å². The van der Waals surface area contributed by atoms with Gasteiger partial charge < -0.3 is 9.30 Å². The first-order chi connectivity index (χ1) is 15.6. The molecular formula is C24H23Cl2F3N2O2. The third-order valence-corrected chi connectivity index (χ3v) is 6.92. The van der Waals surface area contributed by atoms with Gasteiger partial charge in [-0.1, -0.05) is 23.2 Å². The van der Waals surface area contributed by atoms with Crippen molar-refractivity contribution in [2.45, 2.75) is 51.3 Å². The number of benzene rings is 2. The number of imidazole rings is 1. The Labute approximate surface area is 199 Å². The molecule has 9 heteroatoms. The average Bonchev–Trinajstić information content (AvgIpc) is 3.37. The third-order valence-electron chi connectivity index (χ3n) is 6.14. The maximum Gasteiger partial charge on any atom is 0.416 e. The summed E-state index contributed by atoms with van der Waals surface area (Å²) in [5.41, 5.74) is 1.45. The molecule has 0 spiro atoms. The van der Waals surface area contributed by atoms with Crippen LogP contribution in [0.1, 0.15) is 58.6 Å². The van der Waals surface area contributed by atoms with Crippen LogP contribution in [0.3, 0.4) is 0 Å². The summed E-state index contributed by atoms with van der Waals surface area (Å²) in [6.45, 7) is 2.33. The molecule has 33 heavy (non-hydrogen) atoms. The van der Waals surface area contributed by atoms with Crippen molar-refractivity contribution in [1.82, 2.24) is 9.55 Å². The van der Waals surface area contributed by atoms with Crippen LogP contribution in [0.15, 0.2) is 24.3 Å². The smallest absolute Gasteiger partial charge is 0.378 e. The van der Waals surface area contributed by atoms with Crippen LogP contribution in [0.4, 0.5) is 13.2 Å². The highest BCUT2D eigenvalue weighted by Gasteiger charge is 2.32. The van der Waals surface area contributed by atoms with E-state index < -0.39 is 11.7 Å². The Bertz CT molecular complexity index is 1210. The van der Waals surface area contributed by atoms with Gasteiger partial charge in [-0.25, -0.2) is 4.98 Å². The van der Waals surface area contributed by atoms with E-state index in [4.69, 9.17) is 27.9 Å². The third kappa shape index (κ3) is 4.91. The molecule has 1 aliphatic rings. The number of ether oxygens (including phenoxy) is 1. The molecule has 0 saturated carbocycles. The van der Waals surface area contributed by atoms with Crippen molar-refractivity contribution in [2.24, 2.45) is 7.05 Å². The number of rotatable bonds is 6. The standard InChI is InChI=1S/C24H23Cl2F3N2O2/c1-13-10-14(24(27,28)29)11-19-23(13)30-21(31(19)2)12-17-18(25)7-6-16(22(17)26)20(32)8-5-15-4-3-9-33-15/h6-7,10-11,15H,3-5,8-9,12H2,1-2H3. The van der Waals surface area contributed by atoms with Crippen molar-refractivity contribution in [1.29, 1.82) is 0 Å². The normalized spacial score (nSPS) is 16.6. The van der Waals surface area contributed by atoms with Crippen LogP contribution in [0, 0.1) is 6.92 Å². The predicted molar refractivity (Wildman–Crippen MR) is 122 cm³/mol. The van der Waals surface area contributed by atoms with E-state index in [1.165, 1.54) is 0 Å². The summed E-state index contributed by atoms with van der Waals surface area (Å²) < 4.78 is 47.0. The maximum atomic E-state index is 13.3. The van der Waals surface area contributed by atoms with Gasteiger partial charge in [0.15, 0.2) is 5.78 Å². The van der Waals surface area contributed by atoms with Gasteiger partial charge in [0.25, 0.3) is 0 Å². The van der Waals surface area contributed by atoms with Gasteiger partial charge in [-0.2, -0.15) is 13.2 Å². The van der Waals surface area contributed by atoms with E-state index in [9.17, 15) is 18.0 Å². The van der Waals surface area contributed by atoms with Gasteiger partial charge in [0.05, 0.1) is 27.7 Å². The highest BCUT2D eigenvalue weighted by atomic mass is 35.5. The minimum atomic E-state index is -4.45. The fourth-order valence-electron chi connectivity index (χ4n) is 4.26. The van der Waals surface area contributed by atoms with Crippen molar-refractivity contribution in [3.05, 3.63) is 62.4 Å². The molecule has 2 heterocycles. The minimum absolute atomic E-state index is 0.0934. The van der Waals surface area contributed by atoms with Crippen LogP contribution >= 0.6 is 23.2 Å². The van der Waals surface area contributed by atoms with Gasteiger partial charge in [-0.05, 0) is 61.6 Å². The molecule has 4 nitrogen and oxygen atoms in total. The van der Waals surface area contributed by atoms with Gasteiger partial charge in [-0.3, -0.25) is 4.79 Å². The highest BCUT2D eigenvalue weighted by Crippen LogP contribution is 2.35. The van der Waals surface area contributed by atoms with Crippen LogP contribution in [0.2, 0.25) is 10.0 Å². The largest absolute Gasteiger partial charge is 0.416 e. The Morgan fingerprint density at radius 3 is 2.70 bits per heavy atom. The maximum absolute atomic E-state index is 13.3. The Balaban J connectivity index is 1.64. The summed E-state index contributed by atoms with van der Waals surface area (Å²) in [5, 5.41) is 0.620. The first-order valence-electron chi connectivity index (χ1n) is 10.7. The van der Waals surface area contributed by atoms with E-state index >= 15 is 0 Å². The number of hydrogen-bond donors (Lipinski definition) is 0. The molecule has 176 valence electrons. The molecule has 0 aliphatic carbocycles. The second-order valence-electron chi connectivity index (χ2n) is 8.41. The van der Waals surface area contributed by atoms with Crippen molar-refractivity contribution < 1.29 is 22.7 Å². The lowest BCUT2D eigenvalue weighted by molar-refractivity contribution is -0.137. The van der Waals surface area contributed by atoms with Crippen LogP contribution in [0.25, 0.3) is 11.0 Å². The lowest BCUT2D eigenvalue weighted by atomic mass is 10.00. The zero-order valence-corrected chi connectivity index (χ0v) is 19.7. The second-order valence-corrected chi connectivity index (χ2v) is 9.19. The molecule has 2 aromatic carbocycles. The summed E-state index contributed by atoms with van der Waals surface area (Å²) >= 11 is 13.0. The average molecular weight is 499 g/mol. The molecule has 1 saturated heterocycles. The second kappa shape index (κ2) is 9.28. The van der Waals surface area contributed by atoms with E-state index in [-0.39, 0.29) is 23.3 Å². The van der Waals surface area contributed by atoms with Gasteiger partial charge >= 0.3 is 6.18 Å². The molecule has 1 aliphatic heterocycles. The number of hydrogen-bond acceptors (Lipinski definition) is 3. The Morgan fingerprint density at radius 1 is 1.27 bits per heavy atom. The molecule has 1 atom stereocenters. The van der Waals surface area contributed by atoms with Crippen LogP contribution in [-0.2, 0) is 24.4 Å². The van der Waals surface area contributed by atoms with Crippen LogP contribution < -0.4 is 0 Å². The lowest BCUT2D eigenvalue weighted by Crippen LogP contribution is -2.10. The Hall–Kier alpha value is -2.09. The van der Waals surface area contributed by atoms with Crippen LogP contribution in [-0.4, -0.2) is 28.0 Å². The molecule has 0 radical (unpaired) electrons. The van der Waals surface area contributed by atoms with Crippen molar-refractivity contribution in [2.75, 3.05) is 6.61 Å². The lowest BCUT2D eigenvalue weighted by Gasteiger charge is -2.13. The fraction of sp³-hybridized carbons (Fsp3) is 0.417. The summed E-state index contributed by atoms with van der Waals surface area (Å²) in [6, 6.07) is 5.41. The molecule has 0 N–H and O–H groups in total. The fourth-order valence-corrected chi connectivity index (χ4v) is 4.87. The minimum Gasteiger partial charge on any atom is -0.378 e. The van der Waals surface area contributed by atoms with Gasteiger partial charge in [0.2, 0.25) is 0 Å². The number of carbonyl (C=O) groups excluding carboxylic acids is 1. The quantitative estimate of drug-likeness (QED) is 0.345. The molecular weight excluding hydrogens is 476 g/mol. The highest BCUT2D eigenvalue weighted by molar-refractivity contribution is 6.38. The van der Waals surface area contributed by atoms with E-state index in [1.54, 1.807) is 30.7 Å². The number of alkyl halides is 3. The first kappa shape index (κ1) is 24.0. The molecule has 3 aromatic rings. The Morgan fingerprint density at radius 2 is 2.03 bits per heavy atom. The van der Waals surface area contributed by atoms with Crippen molar-refractivity contribution >= 4 is 40.0 Å². The number of fused-ring (bicyclic) bond motifs is 1. The molecule has 0 amide bonds. The number of aromatic nitrogens is 2. The van der Waals surface area contributed by atoms with E-state index in [1.807, 2.05) is 0 Å². The van der Waals surface area contributed by atoms with Crippen LogP contribution in [0.5, 0.6) is 0 Å². The zero-order chi connectivity index (χ0) is 23.9. The number of aryl methyl sites for hydroxylation is 2. The summed E-state index contributed by atoms with van der Waals surface area (Å²) in [6.07, 6.45) is -1.26. The monoisotopic (exact) mass is 498 g/mol. The van der Waals surface area contributed by atoms with Crippen molar-refractivity contribution in [3.63, 3.8) is 0 Å². The molecule has 1 aromatic heterocycles. The van der Waals surface area contributed by atoms with E-state index in [2.05, 4.69) is 4.98 Å². The summed E-state index contributed by atoms with van der Waals surface area (Å²) in [5.74, 6) is 0.407. The summed E-state index contributed by atoms with van der Waals surface area (Å²) in [4.78, 5) is 17.4. The Kier molecular flexibility index (Phi) is 6.76. The molecule has 1 fully saturated rings. The summed E-state index contributed by atoms with van der Waals surface area (Å²) in [7, 11) is 1.66. The topological polar surface area (TPSA) is 44.1 Å². The number of halogens is 5. The number of nitrogens with zero attached hydrogens (tertiary/aromatic N) is 2. The number of carbonyl (C=O) groups is 1. The number of Topliss-reactive ketones (excluding diaryl/α,β-unsaturated/α-hetero) is 1. The number of ketones is 1. The SMILES string of the molecule is Cc1cc(C(F)(F)F)cc2c1nc(Cc1c(Cl)ccc(C(=O)CCC3CCCO3)c1Cl)n2C.